The summed E-state index contributed by atoms with van der Waals surface area (Å²) in [6, 6.07) is 19.1. The van der Waals surface area contributed by atoms with Crippen LogP contribution in [0.25, 0.3) is 0 Å². The summed E-state index contributed by atoms with van der Waals surface area (Å²) < 4.78 is 5.32. The van der Waals surface area contributed by atoms with E-state index in [0.29, 0.717) is 12.3 Å². The van der Waals surface area contributed by atoms with Gasteiger partial charge in [0.15, 0.2) is 6.61 Å². The van der Waals surface area contributed by atoms with Crippen molar-refractivity contribution in [2.75, 3.05) is 6.61 Å². The van der Waals surface area contributed by atoms with Gasteiger partial charge in [-0.2, -0.15) is 0 Å². The van der Waals surface area contributed by atoms with Crippen LogP contribution in [-0.2, 0) is 11.3 Å². The van der Waals surface area contributed by atoms with E-state index in [9.17, 15) is 4.79 Å². The normalized spacial score (nSPS) is 9.89. The van der Waals surface area contributed by atoms with Crippen molar-refractivity contribution in [2.24, 2.45) is 0 Å². The number of nitrogens with one attached hydrogen (secondary N) is 2. The number of carbonyl (C=O) groups is 1. The molecule has 19 heavy (non-hydrogen) atoms. The van der Waals surface area contributed by atoms with Gasteiger partial charge in [0.05, 0.1) is 0 Å². The second kappa shape index (κ2) is 7.18. The number of para-hydroxylation sites is 1. The standard InChI is InChI=1S/C15H16N2O2/c18-15(12-19-14-9-5-2-6-10-14)17-16-11-13-7-3-1-4-8-13/h1-10,16H,11-12H2,(H,17,18). The van der Waals surface area contributed by atoms with E-state index >= 15 is 0 Å². The van der Waals surface area contributed by atoms with E-state index in [1.807, 2.05) is 60.7 Å². The Bertz CT molecular complexity index is 500. The molecule has 2 aromatic carbocycles. The molecule has 0 aliphatic heterocycles. The third-order valence-corrected chi connectivity index (χ3v) is 2.48. The molecular formula is C15H16N2O2. The monoisotopic (exact) mass is 256 g/mol. The Morgan fingerprint density at radius 2 is 1.58 bits per heavy atom. The fourth-order valence-corrected chi connectivity index (χ4v) is 1.54. The van der Waals surface area contributed by atoms with Crippen molar-refractivity contribution in [2.45, 2.75) is 6.54 Å². The molecule has 0 heterocycles. The molecule has 0 bridgehead atoms. The topological polar surface area (TPSA) is 50.4 Å². The van der Waals surface area contributed by atoms with Gasteiger partial charge >= 0.3 is 0 Å². The van der Waals surface area contributed by atoms with E-state index in [4.69, 9.17) is 4.74 Å². The fraction of sp³-hybridized carbons (Fsp3) is 0.133. The highest BCUT2D eigenvalue weighted by atomic mass is 16.5. The van der Waals surface area contributed by atoms with Crippen LogP contribution < -0.4 is 15.6 Å². The molecule has 4 heteroatoms. The van der Waals surface area contributed by atoms with Crippen molar-refractivity contribution in [3.05, 3.63) is 66.2 Å². The van der Waals surface area contributed by atoms with Crippen molar-refractivity contribution in [3.63, 3.8) is 0 Å². The Labute approximate surface area is 112 Å². The summed E-state index contributed by atoms with van der Waals surface area (Å²) in [7, 11) is 0. The predicted octanol–water partition coefficient (Wildman–Crippen LogP) is 1.89. The van der Waals surface area contributed by atoms with Crippen molar-refractivity contribution >= 4 is 5.91 Å². The minimum absolute atomic E-state index is 0.00813. The molecule has 0 aliphatic carbocycles. The lowest BCUT2D eigenvalue weighted by molar-refractivity contribution is -0.124. The van der Waals surface area contributed by atoms with Gasteiger partial charge in [0.25, 0.3) is 5.91 Å². The molecule has 2 aromatic rings. The molecule has 0 atom stereocenters. The van der Waals surface area contributed by atoms with Crippen LogP contribution in [0.4, 0.5) is 0 Å². The highest BCUT2D eigenvalue weighted by molar-refractivity contribution is 5.76. The first-order valence-electron chi connectivity index (χ1n) is 6.08. The predicted molar refractivity (Wildman–Crippen MR) is 73.4 cm³/mol. The van der Waals surface area contributed by atoms with E-state index in [0.717, 1.165) is 5.56 Å². The Morgan fingerprint density at radius 3 is 2.26 bits per heavy atom. The largest absolute Gasteiger partial charge is 0.484 e. The van der Waals surface area contributed by atoms with Gasteiger partial charge in [0.1, 0.15) is 5.75 Å². The maximum absolute atomic E-state index is 11.5. The van der Waals surface area contributed by atoms with Crippen LogP contribution >= 0.6 is 0 Å². The maximum atomic E-state index is 11.5. The molecule has 2 rings (SSSR count). The Kier molecular flexibility index (Phi) is 4.96. The summed E-state index contributed by atoms with van der Waals surface area (Å²) >= 11 is 0. The smallest absolute Gasteiger partial charge is 0.271 e. The van der Waals surface area contributed by atoms with Crippen LogP contribution in [-0.4, -0.2) is 12.5 Å². The van der Waals surface area contributed by atoms with Gasteiger partial charge in [-0.25, -0.2) is 5.43 Å². The number of ether oxygens (including phenoxy) is 1. The summed E-state index contributed by atoms with van der Waals surface area (Å²) in [5.74, 6) is 0.473. The van der Waals surface area contributed by atoms with Gasteiger partial charge < -0.3 is 4.74 Å². The summed E-state index contributed by atoms with van der Waals surface area (Å²) in [6.45, 7) is 0.573. The molecule has 0 radical (unpaired) electrons. The van der Waals surface area contributed by atoms with Crippen LogP contribution in [0.15, 0.2) is 60.7 Å². The van der Waals surface area contributed by atoms with E-state index in [2.05, 4.69) is 10.9 Å². The SMILES string of the molecule is O=C(COc1ccccc1)NNCc1ccccc1. The molecule has 4 nitrogen and oxygen atoms in total. The second-order valence-corrected chi connectivity index (χ2v) is 3.99. The highest BCUT2D eigenvalue weighted by Gasteiger charge is 2.01. The van der Waals surface area contributed by atoms with Crippen LogP contribution in [0.2, 0.25) is 0 Å². The van der Waals surface area contributed by atoms with E-state index in [-0.39, 0.29) is 12.5 Å². The average molecular weight is 256 g/mol. The molecule has 0 aliphatic rings. The lowest BCUT2D eigenvalue weighted by Gasteiger charge is -2.08. The summed E-state index contributed by atoms with van der Waals surface area (Å²) in [5, 5.41) is 0. The van der Waals surface area contributed by atoms with Crippen molar-refractivity contribution in [1.29, 1.82) is 0 Å². The summed E-state index contributed by atoms with van der Waals surface area (Å²) in [6.07, 6.45) is 0. The zero-order valence-electron chi connectivity index (χ0n) is 10.5. The highest BCUT2D eigenvalue weighted by Crippen LogP contribution is 2.07. The van der Waals surface area contributed by atoms with E-state index < -0.39 is 0 Å². The molecular weight excluding hydrogens is 240 g/mol. The number of benzene rings is 2. The van der Waals surface area contributed by atoms with Gasteiger partial charge in [-0.3, -0.25) is 10.2 Å². The molecule has 0 saturated carbocycles. The van der Waals surface area contributed by atoms with Crippen LogP contribution in [0.3, 0.4) is 0 Å². The molecule has 2 N–H and O–H groups in total. The third kappa shape index (κ3) is 4.81. The quantitative estimate of drug-likeness (QED) is 0.776. The first-order chi connectivity index (χ1) is 9.34. The van der Waals surface area contributed by atoms with Crippen molar-refractivity contribution in [1.82, 2.24) is 10.9 Å². The average Bonchev–Trinajstić information content (AvgIpc) is 2.47. The number of rotatable bonds is 6. The molecule has 0 saturated heterocycles. The Hall–Kier alpha value is -2.33. The van der Waals surface area contributed by atoms with Crippen molar-refractivity contribution in [3.8, 4) is 5.75 Å². The first kappa shape index (κ1) is 13.1. The Balaban J connectivity index is 1.65. The molecule has 0 aromatic heterocycles. The first-order valence-corrected chi connectivity index (χ1v) is 6.08. The number of hydrogen-bond acceptors (Lipinski definition) is 3. The van der Waals surface area contributed by atoms with E-state index in [1.165, 1.54) is 0 Å². The number of hydrogen-bond donors (Lipinski definition) is 2. The molecule has 0 unspecified atom stereocenters. The van der Waals surface area contributed by atoms with Crippen LogP contribution in [0.1, 0.15) is 5.56 Å². The zero-order chi connectivity index (χ0) is 13.3. The van der Waals surface area contributed by atoms with Crippen LogP contribution in [0, 0.1) is 0 Å². The lowest BCUT2D eigenvalue weighted by atomic mass is 10.2. The fourth-order valence-electron chi connectivity index (χ4n) is 1.54. The van der Waals surface area contributed by atoms with Gasteiger partial charge in [0, 0.05) is 6.54 Å². The van der Waals surface area contributed by atoms with Gasteiger partial charge in [-0.15, -0.1) is 0 Å². The summed E-state index contributed by atoms with van der Waals surface area (Å²) in [5.41, 5.74) is 6.55. The second-order valence-electron chi connectivity index (χ2n) is 3.99. The van der Waals surface area contributed by atoms with Gasteiger partial charge in [-0.05, 0) is 17.7 Å². The van der Waals surface area contributed by atoms with Crippen LogP contribution in [0.5, 0.6) is 5.75 Å². The third-order valence-electron chi connectivity index (χ3n) is 2.48. The summed E-state index contributed by atoms with van der Waals surface area (Å²) in [4.78, 5) is 11.5. The zero-order valence-corrected chi connectivity index (χ0v) is 10.5. The molecule has 1 amide bonds. The van der Waals surface area contributed by atoms with Crippen molar-refractivity contribution < 1.29 is 9.53 Å². The minimum Gasteiger partial charge on any atom is -0.484 e. The number of amides is 1. The molecule has 0 fully saturated rings. The molecule has 98 valence electrons. The molecule has 0 spiro atoms. The Morgan fingerprint density at radius 1 is 0.947 bits per heavy atom. The van der Waals surface area contributed by atoms with Gasteiger partial charge in [0.2, 0.25) is 0 Å². The van der Waals surface area contributed by atoms with E-state index in [1.54, 1.807) is 0 Å². The maximum Gasteiger partial charge on any atom is 0.271 e. The van der Waals surface area contributed by atoms with Gasteiger partial charge in [-0.1, -0.05) is 48.5 Å². The number of hydrazine groups is 1. The lowest BCUT2D eigenvalue weighted by Crippen LogP contribution is -2.39. The number of carbonyl (C=O) groups excluding carboxylic acids is 1. The minimum atomic E-state index is -0.209.